The topological polar surface area (TPSA) is 28.7 Å². The van der Waals surface area contributed by atoms with E-state index in [1.54, 1.807) is 0 Å². The Morgan fingerprint density at radius 2 is 2.06 bits per heavy atom. The van der Waals surface area contributed by atoms with Crippen LogP contribution in [0.4, 0.5) is 0 Å². The van der Waals surface area contributed by atoms with E-state index in [2.05, 4.69) is 30.6 Å². The van der Waals surface area contributed by atoms with Gasteiger partial charge in [0, 0.05) is 11.7 Å². The van der Waals surface area contributed by atoms with E-state index in [-0.39, 0.29) is 0 Å². The summed E-state index contributed by atoms with van der Waals surface area (Å²) in [5, 5.41) is 9.21. The number of nitrogens with zero attached hydrogens (tertiary/aromatic N) is 2. The molecule has 0 bridgehead atoms. The quantitative estimate of drug-likeness (QED) is 0.769. The van der Waals surface area contributed by atoms with Crippen molar-refractivity contribution < 1.29 is 0 Å². The highest BCUT2D eigenvalue weighted by molar-refractivity contribution is 5.28. The SMILES string of the molecule is CC[C@@H](C)n1c(C#N)ccc1CC1CCCCC1. The second kappa shape index (κ2) is 6.09. The summed E-state index contributed by atoms with van der Waals surface area (Å²) in [6.07, 6.45) is 9.17. The zero-order chi connectivity index (χ0) is 13.0. The number of hydrogen-bond donors (Lipinski definition) is 0. The van der Waals surface area contributed by atoms with E-state index in [4.69, 9.17) is 0 Å². The lowest BCUT2D eigenvalue weighted by molar-refractivity contribution is 0.346. The van der Waals surface area contributed by atoms with E-state index < -0.39 is 0 Å². The molecule has 1 fully saturated rings. The van der Waals surface area contributed by atoms with Crippen molar-refractivity contribution in [3.05, 3.63) is 23.5 Å². The van der Waals surface area contributed by atoms with E-state index in [1.807, 2.05) is 6.07 Å². The van der Waals surface area contributed by atoms with Crippen molar-refractivity contribution in [1.82, 2.24) is 4.57 Å². The third-order valence-corrected chi connectivity index (χ3v) is 4.37. The van der Waals surface area contributed by atoms with Crippen molar-refractivity contribution in [2.75, 3.05) is 0 Å². The largest absolute Gasteiger partial charge is 0.334 e. The molecule has 1 aromatic heterocycles. The van der Waals surface area contributed by atoms with Gasteiger partial charge >= 0.3 is 0 Å². The smallest absolute Gasteiger partial charge is 0.120 e. The molecule has 1 aliphatic carbocycles. The molecule has 1 aliphatic rings. The van der Waals surface area contributed by atoms with Crippen molar-refractivity contribution in [3.63, 3.8) is 0 Å². The Balaban J connectivity index is 2.16. The molecular formula is C16H24N2. The molecular weight excluding hydrogens is 220 g/mol. The Kier molecular flexibility index (Phi) is 4.47. The molecule has 0 radical (unpaired) electrons. The molecule has 0 amide bonds. The van der Waals surface area contributed by atoms with Gasteiger partial charge in [0.25, 0.3) is 0 Å². The lowest BCUT2D eigenvalue weighted by Gasteiger charge is -2.24. The maximum absolute atomic E-state index is 9.21. The molecule has 1 heterocycles. The molecule has 2 nitrogen and oxygen atoms in total. The minimum Gasteiger partial charge on any atom is -0.334 e. The first kappa shape index (κ1) is 13.2. The Morgan fingerprint density at radius 3 is 2.67 bits per heavy atom. The van der Waals surface area contributed by atoms with Gasteiger partial charge in [0.2, 0.25) is 0 Å². The summed E-state index contributed by atoms with van der Waals surface area (Å²) in [4.78, 5) is 0. The van der Waals surface area contributed by atoms with Gasteiger partial charge in [-0.2, -0.15) is 5.26 Å². The van der Waals surface area contributed by atoms with E-state index in [1.165, 1.54) is 37.8 Å². The molecule has 1 aromatic rings. The third-order valence-electron chi connectivity index (χ3n) is 4.37. The molecule has 18 heavy (non-hydrogen) atoms. The van der Waals surface area contributed by atoms with Crippen LogP contribution in [-0.4, -0.2) is 4.57 Å². The molecule has 1 atom stereocenters. The third kappa shape index (κ3) is 2.77. The fourth-order valence-corrected chi connectivity index (χ4v) is 3.14. The first-order chi connectivity index (χ1) is 8.76. The number of hydrogen-bond acceptors (Lipinski definition) is 1. The van der Waals surface area contributed by atoms with Gasteiger partial charge in [-0.25, -0.2) is 0 Å². The van der Waals surface area contributed by atoms with Crippen molar-refractivity contribution in [2.45, 2.75) is 64.8 Å². The maximum atomic E-state index is 9.21. The van der Waals surface area contributed by atoms with Crippen LogP contribution < -0.4 is 0 Å². The molecule has 98 valence electrons. The lowest BCUT2D eigenvalue weighted by atomic mass is 9.86. The zero-order valence-electron chi connectivity index (χ0n) is 11.7. The number of nitriles is 1. The van der Waals surface area contributed by atoms with Crippen LogP contribution >= 0.6 is 0 Å². The predicted octanol–water partition coefficient (Wildman–Crippen LogP) is 4.45. The van der Waals surface area contributed by atoms with Crippen LogP contribution in [0.3, 0.4) is 0 Å². The van der Waals surface area contributed by atoms with Crippen LogP contribution in [0.25, 0.3) is 0 Å². The fourth-order valence-electron chi connectivity index (χ4n) is 3.14. The Labute approximate surface area is 111 Å². The molecule has 1 saturated carbocycles. The molecule has 0 aliphatic heterocycles. The fraction of sp³-hybridized carbons (Fsp3) is 0.688. The standard InChI is InChI=1S/C16H24N2/c1-3-13(2)18-15(9-10-16(18)12-17)11-14-7-5-4-6-8-14/h9-10,13-14H,3-8,11H2,1-2H3/t13-/m1/s1. The highest BCUT2D eigenvalue weighted by atomic mass is 15.0. The number of rotatable bonds is 4. The monoisotopic (exact) mass is 244 g/mol. The normalized spacial score (nSPS) is 18.5. The van der Waals surface area contributed by atoms with Crippen LogP contribution in [0.2, 0.25) is 0 Å². The van der Waals surface area contributed by atoms with Gasteiger partial charge in [-0.15, -0.1) is 0 Å². The molecule has 0 spiro atoms. The summed E-state index contributed by atoms with van der Waals surface area (Å²) < 4.78 is 2.26. The summed E-state index contributed by atoms with van der Waals surface area (Å²) in [5.74, 6) is 0.836. The van der Waals surface area contributed by atoms with Crippen LogP contribution in [-0.2, 0) is 6.42 Å². The summed E-state index contributed by atoms with van der Waals surface area (Å²) >= 11 is 0. The van der Waals surface area contributed by atoms with Crippen molar-refractivity contribution in [3.8, 4) is 6.07 Å². The van der Waals surface area contributed by atoms with Gasteiger partial charge < -0.3 is 4.57 Å². The predicted molar refractivity (Wildman–Crippen MR) is 74.4 cm³/mol. The van der Waals surface area contributed by atoms with Gasteiger partial charge in [-0.1, -0.05) is 39.0 Å². The zero-order valence-corrected chi connectivity index (χ0v) is 11.7. The lowest BCUT2D eigenvalue weighted by Crippen LogP contribution is -2.15. The Bertz CT molecular complexity index is 419. The van der Waals surface area contributed by atoms with E-state index in [0.717, 1.165) is 24.5 Å². The van der Waals surface area contributed by atoms with Gasteiger partial charge in [0.05, 0.1) is 0 Å². The molecule has 0 saturated heterocycles. The van der Waals surface area contributed by atoms with Gasteiger partial charge in [-0.3, -0.25) is 0 Å². The summed E-state index contributed by atoms with van der Waals surface area (Å²) in [6.45, 7) is 4.40. The summed E-state index contributed by atoms with van der Waals surface area (Å²) in [6, 6.07) is 6.93. The first-order valence-electron chi connectivity index (χ1n) is 7.36. The van der Waals surface area contributed by atoms with Crippen LogP contribution in [0, 0.1) is 17.2 Å². The minimum absolute atomic E-state index is 0.438. The maximum Gasteiger partial charge on any atom is 0.120 e. The Morgan fingerprint density at radius 1 is 1.33 bits per heavy atom. The van der Waals surface area contributed by atoms with Crippen LogP contribution in [0.1, 0.15) is 69.8 Å². The Hall–Kier alpha value is -1.23. The van der Waals surface area contributed by atoms with Crippen molar-refractivity contribution >= 4 is 0 Å². The van der Waals surface area contributed by atoms with Crippen LogP contribution in [0.5, 0.6) is 0 Å². The molecule has 2 rings (SSSR count). The van der Waals surface area contributed by atoms with Crippen LogP contribution in [0.15, 0.2) is 12.1 Å². The number of aromatic nitrogens is 1. The van der Waals surface area contributed by atoms with Crippen molar-refractivity contribution in [1.29, 1.82) is 5.26 Å². The highest BCUT2D eigenvalue weighted by Crippen LogP contribution is 2.29. The summed E-state index contributed by atoms with van der Waals surface area (Å²) in [5.41, 5.74) is 2.20. The second-order valence-electron chi connectivity index (χ2n) is 5.66. The van der Waals surface area contributed by atoms with Crippen molar-refractivity contribution in [2.24, 2.45) is 5.92 Å². The highest BCUT2D eigenvalue weighted by Gasteiger charge is 2.18. The average molecular weight is 244 g/mol. The molecule has 0 unspecified atom stereocenters. The van der Waals surface area contributed by atoms with E-state index in [0.29, 0.717) is 6.04 Å². The van der Waals surface area contributed by atoms with Gasteiger partial charge in [-0.05, 0) is 37.8 Å². The molecule has 0 aromatic carbocycles. The van der Waals surface area contributed by atoms with Gasteiger partial charge in [0.1, 0.15) is 11.8 Å². The molecule has 0 N–H and O–H groups in total. The molecule has 2 heteroatoms. The van der Waals surface area contributed by atoms with E-state index >= 15 is 0 Å². The average Bonchev–Trinajstić information content (AvgIpc) is 2.82. The minimum atomic E-state index is 0.438. The van der Waals surface area contributed by atoms with E-state index in [9.17, 15) is 5.26 Å². The van der Waals surface area contributed by atoms with Gasteiger partial charge in [0.15, 0.2) is 0 Å². The first-order valence-corrected chi connectivity index (χ1v) is 7.36. The second-order valence-corrected chi connectivity index (χ2v) is 5.66. The summed E-state index contributed by atoms with van der Waals surface area (Å²) in [7, 11) is 0.